The van der Waals surface area contributed by atoms with Gasteiger partial charge in [0.2, 0.25) is 0 Å². The van der Waals surface area contributed by atoms with Crippen LogP contribution in [0, 0.1) is 0 Å². The normalized spacial score (nSPS) is 11.1. The van der Waals surface area contributed by atoms with Crippen molar-refractivity contribution in [1.29, 1.82) is 0 Å². The summed E-state index contributed by atoms with van der Waals surface area (Å²) in [6.07, 6.45) is 22.9. The van der Waals surface area contributed by atoms with E-state index in [1.54, 1.807) is 0 Å². The summed E-state index contributed by atoms with van der Waals surface area (Å²) < 4.78 is 0. The van der Waals surface area contributed by atoms with Gasteiger partial charge in [0.25, 0.3) is 0 Å². The van der Waals surface area contributed by atoms with Crippen LogP contribution in [0.4, 0.5) is 0 Å². The average Bonchev–Trinajstić information content (AvgIpc) is 2.50. The van der Waals surface area contributed by atoms with Gasteiger partial charge in [-0.05, 0) is 25.9 Å². The minimum atomic E-state index is 1.24. The van der Waals surface area contributed by atoms with Gasteiger partial charge in [0.1, 0.15) is 0 Å². The molecule has 0 heterocycles. The highest BCUT2D eigenvalue weighted by molar-refractivity contribution is 4.52. The molecule has 0 rings (SSSR count). The maximum absolute atomic E-state index is 3.59. The van der Waals surface area contributed by atoms with Crippen LogP contribution >= 0.6 is 0 Å². The lowest BCUT2D eigenvalue weighted by Crippen LogP contribution is -2.16. The van der Waals surface area contributed by atoms with E-state index in [1.165, 1.54) is 116 Å². The Bertz CT molecular complexity index is 149. The van der Waals surface area contributed by atoms with Gasteiger partial charge in [0, 0.05) is 0 Å². The second-order valence-electron chi connectivity index (χ2n) is 6.70. The summed E-state index contributed by atoms with van der Waals surface area (Å²) in [5, 5.41) is 3.59. The number of nitrogens with one attached hydrogen (secondary N) is 1. The van der Waals surface area contributed by atoms with Gasteiger partial charge in [0.05, 0.1) is 0 Å². The summed E-state index contributed by atoms with van der Waals surface area (Å²) >= 11 is 0. The maximum atomic E-state index is 3.59. The molecule has 0 spiro atoms. The van der Waals surface area contributed by atoms with Gasteiger partial charge < -0.3 is 5.32 Å². The zero-order chi connectivity index (χ0) is 15.4. The van der Waals surface area contributed by atoms with Crippen molar-refractivity contribution in [3.05, 3.63) is 0 Å². The Hall–Kier alpha value is -0.0400. The van der Waals surface area contributed by atoms with Crippen LogP contribution in [0.15, 0.2) is 0 Å². The average molecular weight is 298 g/mol. The molecule has 0 fully saturated rings. The molecule has 1 N–H and O–H groups in total. The predicted octanol–water partition coefficient (Wildman–Crippen LogP) is 6.86. The summed E-state index contributed by atoms with van der Waals surface area (Å²) in [4.78, 5) is 0. The smallest absolute Gasteiger partial charge is 0.00489 e. The topological polar surface area (TPSA) is 12.0 Å². The fourth-order valence-electron chi connectivity index (χ4n) is 2.89. The third-order valence-electron chi connectivity index (χ3n) is 4.41. The number of rotatable bonds is 18. The van der Waals surface area contributed by atoms with Gasteiger partial charge >= 0.3 is 0 Å². The van der Waals surface area contributed by atoms with Gasteiger partial charge in [-0.15, -0.1) is 0 Å². The van der Waals surface area contributed by atoms with E-state index in [-0.39, 0.29) is 0 Å². The third-order valence-corrected chi connectivity index (χ3v) is 4.41. The standard InChI is InChI=1S/C20H43N/c1-3-5-7-9-10-11-12-13-14-16-18-20-21-19-17-15-8-6-4-2/h21H,3-20H2,1-2H3. The molecule has 1 nitrogen and oxygen atoms in total. The first-order chi connectivity index (χ1) is 10.4. The zero-order valence-electron chi connectivity index (χ0n) is 15.2. The van der Waals surface area contributed by atoms with E-state index in [4.69, 9.17) is 0 Å². The molecular formula is C20H43N. The largest absolute Gasteiger partial charge is 0.317 e. The number of hydrogen-bond donors (Lipinski definition) is 1. The SMILES string of the molecule is CCCCCCCCCCCCCNCCCCCCC. The molecule has 0 aromatic heterocycles. The highest BCUT2D eigenvalue weighted by Crippen LogP contribution is 2.11. The molecule has 0 saturated heterocycles. The van der Waals surface area contributed by atoms with Gasteiger partial charge in [-0.1, -0.05) is 104 Å². The Labute approximate surface area is 135 Å². The van der Waals surface area contributed by atoms with Crippen LogP contribution in [0.2, 0.25) is 0 Å². The zero-order valence-corrected chi connectivity index (χ0v) is 15.2. The molecule has 0 aromatic rings. The molecule has 0 unspecified atom stereocenters. The van der Waals surface area contributed by atoms with Crippen molar-refractivity contribution in [2.75, 3.05) is 13.1 Å². The van der Waals surface area contributed by atoms with Crippen molar-refractivity contribution in [3.8, 4) is 0 Å². The Morgan fingerprint density at radius 2 is 0.667 bits per heavy atom. The second kappa shape index (κ2) is 20.0. The highest BCUT2D eigenvalue weighted by atomic mass is 14.8. The van der Waals surface area contributed by atoms with E-state index in [9.17, 15) is 0 Å². The van der Waals surface area contributed by atoms with Crippen LogP contribution in [0.3, 0.4) is 0 Å². The quantitative estimate of drug-likeness (QED) is 0.273. The summed E-state index contributed by atoms with van der Waals surface area (Å²) in [5.74, 6) is 0. The van der Waals surface area contributed by atoms with Crippen molar-refractivity contribution in [1.82, 2.24) is 5.32 Å². The van der Waals surface area contributed by atoms with Crippen LogP contribution < -0.4 is 5.32 Å². The van der Waals surface area contributed by atoms with Gasteiger partial charge in [-0.25, -0.2) is 0 Å². The van der Waals surface area contributed by atoms with Crippen LogP contribution in [0.25, 0.3) is 0 Å². The van der Waals surface area contributed by atoms with E-state index in [0.717, 1.165) is 0 Å². The third kappa shape index (κ3) is 20.0. The van der Waals surface area contributed by atoms with Crippen molar-refractivity contribution in [2.24, 2.45) is 0 Å². The monoisotopic (exact) mass is 297 g/mol. The molecule has 128 valence electrons. The van der Waals surface area contributed by atoms with Gasteiger partial charge in [0.15, 0.2) is 0 Å². The van der Waals surface area contributed by atoms with E-state index in [2.05, 4.69) is 19.2 Å². The molecule has 0 atom stereocenters. The molecule has 0 aliphatic rings. The van der Waals surface area contributed by atoms with Crippen LogP contribution in [-0.4, -0.2) is 13.1 Å². The van der Waals surface area contributed by atoms with Crippen LogP contribution in [-0.2, 0) is 0 Å². The number of unbranched alkanes of at least 4 members (excludes halogenated alkanes) is 14. The van der Waals surface area contributed by atoms with Crippen molar-refractivity contribution < 1.29 is 0 Å². The van der Waals surface area contributed by atoms with E-state index in [1.807, 2.05) is 0 Å². The highest BCUT2D eigenvalue weighted by Gasteiger charge is 1.93. The Morgan fingerprint density at radius 1 is 0.381 bits per heavy atom. The molecule has 0 bridgehead atoms. The lowest BCUT2D eigenvalue weighted by molar-refractivity contribution is 0.531. The first-order valence-electron chi connectivity index (χ1n) is 10.1. The molecule has 0 saturated carbocycles. The van der Waals surface area contributed by atoms with Crippen molar-refractivity contribution in [2.45, 2.75) is 117 Å². The minimum absolute atomic E-state index is 1.24. The minimum Gasteiger partial charge on any atom is -0.317 e. The molecule has 0 radical (unpaired) electrons. The Kier molecular flexibility index (Phi) is 19.9. The van der Waals surface area contributed by atoms with Crippen LogP contribution in [0.1, 0.15) is 117 Å². The second-order valence-corrected chi connectivity index (χ2v) is 6.70. The molecule has 0 aromatic carbocycles. The molecule has 0 aliphatic heterocycles. The van der Waals surface area contributed by atoms with Crippen molar-refractivity contribution >= 4 is 0 Å². The first kappa shape index (κ1) is 21.0. The Morgan fingerprint density at radius 3 is 1.00 bits per heavy atom. The fraction of sp³-hybridized carbons (Fsp3) is 1.00. The maximum Gasteiger partial charge on any atom is -0.00489 e. The molecule has 0 aliphatic carbocycles. The lowest BCUT2D eigenvalue weighted by atomic mass is 10.1. The molecule has 0 amide bonds. The summed E-state index contributed by atoms with van der Waals surface area (Å²) in [5.41, 5.74) is 0. The van der Waals surface area contributed by atoms with Gasteiger partial charge in [-0.2, -0.15) is 0 Å². The summed E-state index contributed by atoms with van der Waals surface area (Å²) in [7, 11) is 0. The van der Waals surface area contributed by atoms with Crippen LogP contribution in [0.5, 0.6) is 0 Å². The summed E-state index contributed by atoms with van der Waals surface area (Å²) in [6.45, 7) is 7.05. The fourth-order valence-corrected chi connectivity index (χ4v) is 2.89. The Balaban J connectivity index is 2.90. The van der Waals surface area contributed by atoms with E-state index >= 15 is 0 Å². The summed E-state index contributed by atoms with van der Waals surface area (Å²) in [6, 6.07) is 0. The first-order valence-corrected chi connectivity index (χ1v) is 10.1. The molecule has 1 heteroatoms. The van der Waals surface area contributed by atoms with Gasteiger partial charge in [-0.3, -0.25) is 0 Å². The lowest BCUT2D eigenvalue weighted by Gasteiger charge is -2.05. The predicted molar refractivity (Wildman–Crippen MR) is 98.1 cm³/mol. The van der Waals surface area contributed by atoms with E-state index < -0.39 is 0 Å². The van der Waals surface area contributed by atoms with Crippen molar-refractivity contribution in [3.63, 3.8) is 0 Å². The van der Waals surface area contributed by atoms with E-state index in [0.29, 0.717) is 0 Å². The molecule has 21 heavy (non-hydrogen) atoms. The number of hydrogen-bond acceptors (Lipinski definition) is 1. The molecular weight excluding hydrogens is 254 g/mol.